The molecular formula is C13H17F2N5O2. The Morgan fingerprint density at radius 3 is 2.82 bits per heavy atom. The van der Waals surface area contributed by atoms with Gasteiger partial charge in [0.1, 0.15) is 5.82 Å². The normalized spacial score (nSPS) is 18.0. The van der Waals surface area contributed by atoms with Crippen molar-refractivity contribution in [1.82, 2.24) is 19.8 Å². The summed E-state index contributed by atoms with van der Waals surface area (Å²) in [5.74, 6) is 0.00304. The maximum absolute atomic E-state index is 12.8. The molecule has 1 N–H and O–H groups in total. The largest absolute Gasteiger partial charge is 0.381 e. The summed E-state index contributed by atoms with van der Waals surface area (Å²) in [6.07, 6.45) is -1.18. The average molecular weight is 313 g/mol. The molecule has 22 heavy (non-hydrogen) atoms. The zero-order valence-corrected chi connectivity index (χ0v) is 12.1. The van der Waals surface area contributed by atoms with Crippen LogP contribution < -0.4 is 5.32 Å². The molecule has 0 amide bonds. The van der Waals surface area contributed by atoms with Gasteiger partial charge in [0.15, 0.2) is 5.65 Å². The number of nitrogens with zero attached hydrogens (tertiary/aromatic N) is 4. The molecular weight excluding hydrogens is 296 g/mol. The van der Waals surface area contributed by atoms with E-state index in [0.29, 0.717) is 25.6 Å². The van der Waals surface area contributed by atoms with Gasteiger partial charge in [-0.25, -0.2) is 8.78 Å². The third-order valence-corrected chi connectivity index (χ3v) is 3.91. The molecule has 3 rings (SSSR count). The summed E-state index contributed by atoms with van der Waals surface area (Å²) in [7, 11) is 1.66. The predicted octanol–water partition coefficient (Wildman–Crippen LogP) is 1.67. The van der Waals surface area contributed by atoms with Crippen molar-refractivity contribution in [2.24, 2.45) is 0 Å². The first kappa shape index (κ1) is 15.0. The van der Waals surface area contributed by atoms with Crippen LogP contribution in [-0.2, 0) is 9.47 Å². The highest BCUT2D eigenvalue weighted by atomic mass is 19.3. The van der Waals surface area contributed by atoms with Crippen LogP contribution in [0.25, 0.3) is 5.65 Å². The van der Waals surface area contributed by atoms with Crippen molar-refractivity contribution in [2.45, 2.75) is 24.9 Å². The Hall–Kier alpha value is -1.87. The molecule has 1 aliphatic rings. The first-order valence-corrected chi connectivity index (χ1v) is 7.01. The van der Waals surface area contributed by atoms with Crippen LogP contribution in [0, 0.1) is 0 Å². The Kier molecular flexibility index (Phi) is 4.16. The van der Waals surface area contributed by atoms with Crippen molar-refractivity contribution in [2.75, 3.05) is 32.2 Å². The van der Waals surface area contributed by atoms with Crippen LogP contribution >= 0.6 is 0 Å². The van der Waals surface area contributed by atoms with Gasteiger partial charge >= 0.3 is 0 Å². The molecule has 2 aromatic heterocycles. The number of aromatic nitrogens is 4. The van der Waals surface area contributed by atoms with Gasteiger partial charge in [-0.15, -0.1) is 15.3 Å². The maximum atomic E-state index is 12.8. The SMILES string of the molecule is COC1(CNc2ccc3nnc(C(F)F)n3n2)CCOCC1. The highest BCUT2D eigenvalue weighted by molar-refractivity contribution is 5.44. The van der Waals surface area contributed by atoms with Crippen LogP contribution in [0.15, 0.2) is 12.1 Å². The predicted molar refractivity (Wildman–Crippen MR) is 74.0 cm³/mol. The lowest BCUT2D eigenvalue weighted by molar-refractivity contribution is -0.0807. The number of alkyl halides is 2. The van der Waals surface area contributed by atoms with Crippen LogP contribution in [0.2, 0.25) is 0 Å². The number of methoxy groups -OCH3 is 1. The Bertz CT molecular complexity index is 642. The van der Waals surface area contributed by atoms with Gasteiger partial charge in [0.2, 0.25) is 5.82 Å². The van der Waals surface area contributed by atoms with E-state index in [1.165, 1.54) is 0 Å². The van der Waals surface area contributed by atoms with Crippen molar-refractivity contribution >= 4 is 11.5 Å². The van der Waals surface area contributed by atoms with Crippen molar-refractivity contribution in [3.8, 4) is 0 Å². The summed E-state index contributed by atoms with van der Waals surface area (Å²) in [4.78, 5) is 0. The Labute approximate surface area is 125 Å². The Morgan fingerprint density at radius 1 is 1.36 bits per heavy atom. The fourth-order valence-electron chi connectivity index (χ4n) is 2.48. The van der Waals surface area contributed by atoms with E-state index in [2.05, 4.69) is 20.6 Å². The quantitative estimate of drug-likeness (QED) is 0.905. The molecule has 1 saturated heterocycles. The zero-order valence-electron chi connectivity index (χ0n) is 12.1. The lowest BCUT2D eigenvalue weighted by Crippen LogP contribution is -2.44. The summed E-state index contributed by atoms with van der Waals surface area (Å²) >= 11 is 0. The molecule has 0 spiro atoms. The molecule has 9 heteroatoms. The van der Waals surface area contributed by atoms with E-state index in [4.69, 9.17) is 9.47 Å². The molecule has 0 atom stereocenters. The first-order chi connectivity index (χ1) is 10.6. The second-order valence-corrected chi connectivity index (χ2v) is 5.20. The second kappa shape index (κ2) is 6.09. The molecule has 0 aromatic carbocycles. The van der Waals surface area contributed by atoms with E-state index in [9.17, 15) is 8.78 Å². The number of hydrogen-bond acceptors (Lipinski definition) is 6. The molecule has 7 nitrogen and oxygen atoms in total. The minimum atomic E-state index is -2.72. The monoisotopic (exact) mass is 313 g/mol. The van der Waals surface area contributed by atoms with Gasteiger partial charge in [0, 0.05) is 39.7 Å². The van der Waals surface area contributed by atoms with E-state index < -0.39 is 12.2 Å². The number of ether oxygens (including phenoxy) is 2. The molecule has 1 fully saturated rings. The smallest absolute Gasteiger partial charge is 0.299 e. The zero-order chi connectivity index (χ0) is 15.6. The number of anilines is 1. The summed E-state index contributed by atoms with van der Waals surface area (Å²) < 4.78 is 37.7. The first-order valence-electron chi connectivity index (χ1n) is 7.01. The molecule has 0 saturated carbocycles. The van der Waals surface area contributed by atoms with Gasteiger partial charge in [0.05, 0.1) is 5.60 Å². The van der Waals surface area contributed by atoms with Gasteiger partial charge in [-0.2, -0.15) is 4.52 Å². The standard InChI is InChI=1S/C13H17F2N5O2/c1-21-13(4-6-22-7-5-13)8-16-9-2-3-10-17-18-12(11(14)15)20(10)19-9/h2-3,11H,4-8H2,1H3,(H,16,19). The number of nitrogens with one attached hydrogen (secondary N) is 1. The minimum absolute atomic E-state index is 0.286. The topological polar surface area (TPSA) is 73.6 Å². The van der Waals surface area contributed by atoms with E-state index in [0.717, 1.165) is 17.4 Å². The van der Waals surface area contributed by atoms with Gasteiger partial charge in [-0.05, 0) is 12.1 Å². The highest BCUT2D eigenvalue weighted by Crippen LogP contribution is 2.25. The molecule has 120 valence electrons. The molecule has 0 unspecified atom stereocenters. The number of hydrogen-bond donors (Lipinski definition) is 1. The van der Waals surface area contributed by atoms with E-state index in [1.54, 1.807) is 19.2 Å². The summed E-state index contributed by atoms with van der Waals surface area (Å²) in [5.41, 5.74) is -0.0402. The van der Waals surface area contributed by atoms with E-state index >= 15 is 0 Å². The van der Waals surface area contributed by atoms with Gasteiger partial charge in [0.25, 0.3) is 6.43 Å². The van der Waals surface area contributed by atoms with Crippen molar-refractivity contribution in [1.29, 1.82) is 0 Å². The highest BCUT2D eigenvalue weighted by Gasteiger charge is 2.32. The molecule has 0 bridgehead atoms. The minimum Gasteiger partial charge on any atom is -0.381 e. The summed E-state index contributed by atoms with van der Waals surface area (Å²) in [6.45, 7) is 1.81. The molecule has 0 aliphatic carbocycles. The van der Waals surface area contributed by atoms with E-state index in [-0.39, 0.29) is 11.2 Å². The van der Waals surface area contributed by atoms with Crippen molar-refractivity contribution < 1.29 is 18.3 Å². The number of rotatable bonds is 5. The lowest BCUT2D eigenvalue weighted by atomic mass is 9.94. The van der Waals surface area contributed by atoms with E-state index in [1.807, 2.05) is 0 Å². The molecule has 3 heterocycles. The fourth-order valence-corrected chi connectivity index (χ4v) is 2.48. The Morgan fingerprint density at radius 2 is 2.14 bits per heavy atom. The lowest BCUT2D eigenvalue weighted by Gasteiger charge is -2.36. The summed E-state index contributed by atoms with van der Waals surface area (Å²) in [5, 5.41) is 14.4. The van der Waals surface area contributed by atoms with Gasteiger partial charge in [-0.1, -0.05) is 0 Å². The summed E-state index contributed by atoms with van der Waals surface area (Å²) in [6, 6.07) is 3.28. The third-order valence-electron chi connectivity index (χ3n) is 3.91. The van der Waals surface area contributed by atoms with Crippen molar-refractivity contribution in [3.63, 3.8) is 0 Å². The van der Waals surface area contributed by atoms with Crippen molar-refractivity contribution in [3.05, 3.63) is 18.0 Å². The molecule has 1 aliphatic heterocycles. The molecule has 2 aromatic rings. The molecule has 0 radical (unpaired) electrons. The van der Waals surface area contributed by atoms with Gasteiger partial charge < -0.3 is 14.8 Å². The third kappa shape index (κ3) is 2.86. The Balaban J connectivity index is 1.77. The number of fused-ring (bicyclic) bond motifs is 1. The van der Waals surface area contributed by atoms with Crippen LogP contribution in [0.5, 0.6) is 0 Å². The maximum Gasteiger partial charge on any atom is 0.299 e. The van der Waals surface area contributed by atoms with Crippen LogP contribution in [0.4, 0.5) is 14.6 Å². The van der Waals surface area contributed by atoms with Crippen LogP contribution in [0.1, 0.15) is 25.1 Å². The van der Waals surface area contributed by atoms with Crippen LogP contribution in [0.3, 0.4) is 0 Å². The second-order valence-electron chi connectivity index (χ2n) is 5.20. The number of halogens is 2. The average Bonchev–Trinajstić information content (AvgIpc) is 2.97. The fraction of sp³-hybridized carbons (Fsp3) is 0.615. The van der Waals surface area contributed by atoms with Crippen LogP contribution in [-0.4, -0.2) is 52.3 Å². The van der Waals surface area contributed by atoms with Gasteiger partial charge in [-0.3, -0.25) is 0 Å².